The predicted octanol–water partition coefficient (Wildman–Crippen LogP) is 0.495. The van der Waals surface area contributed by atoms with Crippen LogP contribution in [0.5, 0.6) is 0 Å². The van der Waals surface area contributed by atoms with Gasteiger partial charge in [-0.2, -0.15) is 9.97 Å². The summed E-state index contributed by atoms with van der Waals surface area (Å²) in [5.41, 5.74) is 0.226. The molecular formula is C10H7ClN6O3S. The molecule has 0 unspecified atom stereocenters. The van der Waals surface area contributed by atoms with E-state index in [1.54, 1.807) is 0 Å². The van der Waals surface area contributed by atoms with Crippen LogP contribution in [0.15, 0.2) is 34.3 Å². The zero-order valence-corrected chi connectivity index (χ0v) is 11.7. The first-order valence-electron chi connectivity index (χ1n) is 5.54. The van der Waals surface area contributed by atoms with E-state index in [2.05, 4.69) is 29.6 Å². The highest BCUT2D eigenvalue weighted by Gasteiger charge is 2.17. The molecule has 0 radical (unpaired) electrons. The number of nitrogens with zero attached hydrogens (tertiary/aromatic N) is 3. The highest BCUT2D eigenvalue weighted by Crippen LogP contribution is 2.19. The van der Waals surface area contributed by atoms with Crippen LogP contribution in [0, 0.1) is 0 Å². The third-order valence-corrected chi connectivity index (χ3v) is 4.13. The van der Waals surface area contributed by atoms with Gasteiger partial charge in [0, 0.05) is 12.3 Å². The summed E-state index contributed by atoms with van der Waals surface area (Å²) in [6.45, 7) is 0. The molecule has 0 aliphatic rings. The van der Waals surface area contributed by atoms with Crippen molar-refractivity contribution in [2.24, 2.45) is 0 Å². The fourth-order valence-electron chi connectivity index (χ4n) is 1.59. The Bertz CT molecular complexity index is 959. The second kappa shape index (κ2) is 4.82. The highest BCUT2D eigenvalue weighted by atomic mass is 35.5. The zero-order valence-electron chi connectivity index (χ0n) is 10.2. The minimum Gasteiger partial charge on any atom is -0.341 e. The van der Waals surface area contributed by atoms with Crippen LogP contribution in [0.2, 0.25) is 5.15 Å². The van der Waals surface area contributed by atoms with Crippen LogP contribution in [-0.2, 0) is 10.0 Å². The van der Waals surface area contributed by atoms with Gasteiger partial charge in [0.05, 0.1) is 6.33 Å². The first kappa shape index (κ1) is 13.5. The number of pyridine rings is 1. The van der Waals surface area contributed by atoms with Crippen molar-refractivity contribution in [3.05, 3.63) is 40.2 Å². The second-order valence-electron chi connectivity index (χ2n) is 3.93. The molecule has 3 N–H and O–H groups in total. The van der Waals surface area contributed by atoms with Crippen molar-refractivity contribution in [2.45, 2.75) is 4.90 Å². The van der Waals surface area contributed by atoms with Gasteiger partial charge in [-0.05, 0) is 6.07 Å². The molecule has 11 heteroatoms. The third-order valence-electron chi connectivity index (χ3n) is 2.53. The monoisotopic (exact) mass is 326 g/mol. The lowest BCUT2D eigenvalue weighted by Gasteiger charge is -2.06. The average molecular weight is 327 g/mol. The second-order valence-corrected chi connectivity index (χ2v) is 5.97. The first-order chi connectivity index (χ1) is 9.95. The summed E-state index contributed by atoms with van der Waals surface area (Å²) < 4.78 is 26.4. The Morgan fingerprint density at radius 3 is 2.71 bits per heavy atom. The summed E-state index contributed by atoms with van der Waals surface area (Å²) in [5, 5.41) is 0.0386. The number of hydrogen-bond acceptors (Lipinski definition) is 6. The van der Waals surface area contributed by atoms with E-state index < -0.39 is 15.6 Å². The molecule has 0 spiro atoms. The molecule has 0 bridgehead atoms. The maximum atomic E-state index is 12.1. The number of rotatable bonds is 3. The number of aromatic nitrogens is 5. The van der Waals surface area contributed by atoms with Gasteiger partial charge in [0.25, 0.3) is 10.0 Å². The van der Waals surface area contributed by atoms with Gasteiger partial charge in [-0.1, -0.05) is 11.6 Å². The number of halogens is 1. The number of imidazole rings is 1. The Labute approximate surface area is 122 Å². The highest BCUT2D eigenvalue weighted by molar-refractivity contribution is 7.92. The Morgan fingerprint density at radius 1 is 1.19 bits per heavy atom. The van der Waals surface area contributed by atoms with E-state index in [1.165, 1.54) is 6.33 Å². The Morgan fingerprint density at radius 2 is 2.00 bits per heavy atom. The standard InChI is InChI=1S/C10H7ClN6O3S/c11-8-7-9(14-4-13-7)16-10(15-8)17-21(19,20)5-1-2-6(18)12-3-5/h1-4H,(H,12,18)(H2,13,14,15,16,17). The van der Waals surface area contributed by atoms with Gasteiger partial charge in [-0.15, -0.1) is 0 Å². The lowest BCUT2D eigenvalue weighted by atomic mass is 10.5. The van der Waals surface area contributed by atoms with Crippen LogP contribution < -0.4 is 10.3 Å². The summed E-state index contributed by atoms with van der Waals surface area (Å²) in [7, 11) is -3.94. The van der Waals surface area contributed by atoms with Crippen LogP contribution in [0.4, 0.5) is 5.95 Å². The smallest absolute Gasteiger partial charge is 0.265 e. The summed E-state index contributed by atoms with van der Waals surface area (Å²) >= 11 is 5.89. The van der Waals surface area contributed by atoms with Gasteiger partial charge in [-0.25, -0.2) is 18.1 Å². The van der Waals surface area contributed by atoms with Crippen molar-refractivity contribution < 1.29 is 8.42 Å². The Balaban J connectivity index is 2.00. The van der Waals surface area contributed by atoms with E-state index >= 15 is 0 Å². The van der Waals surface area contributed by atoms with Crippen molar-refractivity contribution in [1.29, 1.82) is 0 Å². The number of fused-ring (bicyclic) bond motifs is 1. The summed E-state index contributed by atoms with van der Waals surface area (Å²) in [6.07, 6.45) is 2.44. The molecule has 3 aromatic rings. The Kier molecular flexibility index (Phi) is 3.11. The molecule has 0 saturated carbocycles. The van der Waals surface area contributed by atoms with Gasteiger partial charge in [-0.3, -0.25) is 4.79 Å². The average Bonchev–Trinajstić information content (AvgIpc) is 2.87. The Hall–Kier alpha value is -2.46. The van der Waals surface area contributed by atoms with Crippen molar-refractivity contribution in [3.8, 4) is 0 Å². The van der Waals surface area contributed by atoms with Crippen LogP contribution in [0.25, 0.3) is 11.2 Å². The molecule has 3 heterocycles. The van der Waals surface area contributed by atoms with Crippen molar-refractivity contribution in [3.63, 3.8) is 0 Å². The summed E-state index contributed by atoms with van der Waals surface area (Å²) in [6, 6.07) is 2.26. The molecule has 9 nitrogen and oxygen atoms in total. The van der Waals surface area contributed by atoms with E-state index in [4.69, 9.17) is 11.6 Å². The van der Waals surface area contributed by atoms with Gasteiger partial charge >= 0.3 is 0 Å². The molecule has 0 aliphatic heterocycles. The van der Waals surface area contributed by atoms with Gasteiger partial charge in [0.1, 0.15) is 10.4 Å². The van der Waals surface area contributed by atoms with Crippen molar-refractivity contribution in [1.82, 2.24) is 24.9 Å². The van der Waals surface area contributed by atoms with Crippen molar-refractivity contribution in [2.75, 3.05) is 4.72 Å². The predicted molar refractivity (Wildman–Crippen MR) is 74.6 cm³/mol. The SMILES string of the molecule is O=c1ccc(S(=O)(=O)Nc2nc(Cl)c3[nH]cnc3n2)c[nH]1. The van der Waals surface area contributed by atoms with Crippen LogP contribution in [-0.4, -0.2) is 33.3 Å². The van der Waals surface area contributed by atoms with E-state index in [1.807, 2.05) is 0 Å². The molecule has 108 valence electrons. The van der Waals surface area contributed by atoms with Crippen LogP contribution in [0.3, 0.4) is 0 Å². The number of aromatic amines is 2. The minimum atomic E-state index is -3.94. The van der Waals surface area contributed by atoms with Crippen LogP contribution in [0.1, 0.15) is 0 Å². The number of anilines is 1. The van der Waals surface area contributed by atoms with E-state index in [-0.39, 0.29) is 21.6 Å². The molecule has 0 amide bonds. The lowest BCUT2D eigenvalue weighted by molar-refractivity contribution is 0.600. The molecule has 0 fully saturated rings. The number of sulfonamides is 1. The number of nitrogens with one attached hydrogen (secondary N) is 3. The van der Waals surface area contributed by atoms with Gasteiger partial charge < -0.3 is 9.97 Å². The molecule has 0 atom stereocenters. The zero-order chi connectivity index (χ0) is 15.0. The lowest BCUT2D eigenvalue weighted by Crippen LogP contribution is -2.17. The summed E-state index contributed by atoms with van der Waals surface area (Å²) in [5.74, 6) is -0.217. The molecule has 0 aromatic carbocycles. The van der Waals surface area contributed by atoms with E-state index in [9.17, 15) is 13.2 Å². The van der Waals surface area contributed by atoms with Crippen molar-refractivity contribution >= 4 is 38.7 Å². The molecule has 0 aliphatic carbocycles. The first-order valence-corrected chi connectivity index (χ1v) is 7.40. The van der Waals surface area contributed by atoms with Crippen LogP contribution >= 0.6 is 11.6 Å². The van der Waals surface area contributed by atoms with E-state index in [0.717, 1.165) is 18.3 Å². The summed E-state index contributed by atoms with van der Waals surface area (Å²) in [4.78, 5) is 27.4. The largest absolute Gasteiger partial charge is 0.341 e. The van der Waals surface area contributed by atoms with E-state index in [0.29, 0.717) is 5.52 Å². The van der Waals surface area contributed by atoms with Gasteiger partial charge in [0.2, 0.25) is 11.5 Å². The quantitative estimate of drug-likeness (QED) is 0.600. The maximum absolute atomic E-state index is 12.1. The third kappa shape index (κ3) is 2.58. The molecule has 21 heavy (non-hydrogen) atoms. The normalized spacial score (nSPS) is 11.7. The molecule has 3 rings (SSSR count). The minimum absolute atomic E-state index is 0.0386. The topological polar surface area (TPSA) is 133 Å². The fraction of sp³-hybridized carbons (Fsp3) is 0. The molecule has 0 saturated heterocycles. The number of H-pyrrole nitrogens is 2. The number of hydrogen-bond donors (Lipinski definition) is 3. The molecular weight excluding hydrogens is 320 g/mol. The maximum Gasteiger partial charge on any atom is 0.265 e. The molecule has 3 aromatic heterocycles. The van der Waals surface area contributed by atoms with Gasteiger partial charge in [0.15, 0.2) is 10.8 Å². The fourth-order valence-corrected chi connectivity index (χ4v) is 2.72.